The van der Waals surface area contributed by atoms with Gasteiger partial charge in [-0.1, -0.05) is 23.7 Å². The third-order valence-corrected chi connectivity index (χ3v) is 4.89. The van der Waals surface area contributed by atoms with Crippen LogP contribution in [0.3, 0.4) is 0 Å². The number of hydrogen-bond acceptors (Lipinski definition) is 7. The topological polar surface area (TPSA) is 141 Å². The molecular weight excluding hydrogens is 416 g/mol. The lowest BCUT2D eigenvalue weighted by Gasteiger charge is -2.25. The molecule has 1 atom stereocenters. The lowest BCUT2D eigenvalue weighted by atomic mass is 9.94. The summed E-state index contributed by atoms with van der Waals surface area (Å²) in [6.07, 6.45) is -0.592. The number of nitro groups is 1. The molecular formula is C20H14ClN2O7-. The molecule has 1 aliphatic heterocycles. The molecule has 1 aliphatic rings. The zero-order valence-electron chi connectivity index (χ0n) is 15.3. The summed E-state index contributed by atoms with van der Waals surface area (Å²) < 4.78 is 0. The number of benzene rings is 2. The van der Waals surface area contributed by atoms with Crippen LogP contribution in [0.4, 0.5) is 5.69 Å². The maximum absolute atomic E-state index is 12.7. The lowest BCUT2D eigenvalue weighted by Crippen LogP contribution is -2.35. The Hall–Kier alpha value is -3.72. The van der Waals surface area contributed by atoms with E-state index in [2.05, 4.69) is 0 Å². The van der Waals surface area contributed by atoms with Crippen LogP contribution >= 0.6 is 11.6 Å². The smallest absolute Gasteiger partial charge is 0.295 e. The second kappa shape index (κ2) is 8.34. The molecule has 1 amide bonds. The maximum atomic E-state index is 12.7. The molecule has 1 N–H and O–H groups in total. The fourth-order valence-corrected chi connectivity index (χ4v) is 3.42. The molecule has 1 heterocycles. The van der Waals surface area contributed by atoms with Crippen molar-refractivity contribution < 1.29 is 29.5 Å². The van der Waals surface area contributed by atoms with E-state index in [9.17, 15) is 34.7 Å². The van der Waals surface area contributed by atoms with E-state index >= 15 is 0 Å². The number of carbonyl (C=O) groups is 3. The third-order valence-electron chi connectivity index (χ3n) is 4.64. The van der Waals surface area contributed by atoms with Gasteiger partial charge in [0.25, 0.3) is 17.4 Å². The van der Waals surface area contributed by atoms with Gasteiger partial charge in [-0.05, 0) is 30.3 Å². The average Bonchev–Trinajstić information content (AvgIpc) is 2.96. The predicted molar refractivity (Wildman–Crippen MR) is 103 cm³/mol. The Morgan fingerprint density at radius 2 is 1.77 bits per heavy atom. The number of carboxylic acid groups (broad SMARTS) is 1. The summed E-state index contributed by atoms with van der Waals surface area (Å²) in [7, 11) is 0. The van der Waals surface area contributed by atoms with Crippen molar-refractivity contribution in [3.8, 4) is 0 Å². The minimum absolute atomic E-state index is 0.0319. The second-order valence-corrected chi connectivity index (χ2v) is 6.87. The zero-order valence-corrected chi connectivity index (χ0v) is 16.0. The van der Waals surface area contributed by atoms with Crippen LogP contribution in [0.15, 0.2) is 54.1 Å². The predicted octanol–water partition coefficient (Wildman–Crippen LogP) is 1.81. The Kier molecular flexibility index (Phi) is 5.84. The van der Waals surface area contributed by atoms with E-state index in [0.717, 1.165) is 4.90 Å². The van der Waals surface area contributed by atoms with Gasteiger partial charge in [-0.2, -0.15) is 0 Å². The highest BCUT2D eigenvalue weighted by atomic mass is 35.5. The van der Waals surface area contributed by atoms with Crippen LogP contribution in [-0.2, 0) is 14.4 Å². The Balaban J connectivity index is 2.23. The number of amides is 1. The van der Waals surface area contributed by atoms with Crippen LogP contribution in [0.25, 0.3) is 5.76 Å². The number of aliphatic carboxylic acids is 1. The molecule has 2 aromatic carbocycles. The number of halogens is 1. The van der Waals surface area contributed by atoms with Gasteiger partial charge in [-0.15, -0.1) is 0 Å². The van der Waals surface area contributed by atoms with Crippen LogP contribution < -0.4 is 5.11 Å². The van der Waals surface area contributed by atoms with E-state index in [-0.39, 0.29) is 22.4 Å². The van der Waals surface area contributed by atoms with Gasteiger partial charge in [0.2, 0.25) is 0 Å². The van der Waals surface area contributed by atoms with Gasteiger partial charge in [-0.25, -0.2) is 0 Å². The van der Waals surface area contributed by atoms with Crippen molar-refractivity contribution in [2.45, 2.75) is 12.5 Å². The summed E-state index contributed by atoms with van der Waals surface area (Å²) >= 11 is 5.84. The van der Waals surface area contributed by atoms with Crippen molar-refractivity contribution in [2.75, 3.05) is 6.54 Å². The number of para-hydroxylation sites is 1. The van der Waals surface area contributed by atoms with E-state index in [0.29, 0.717) is 5.02 Å². The Labute approximate surface area is 175 Å². The summed E-state index contributed by atoms with van der Waals surface area (Å²) in [6, 6.07) is 9.84. The number of aliphatic hydroxyl groups is 1. The second-order valence-electron chi connectivity index (χ2n) is 6.44. The van der Waals surface area contributed by atoms with Gasteiger partial charge < -0.3 is 19.9 Å². The molecule has 154 valence electrons. The molecule has 0 saturated carbocycles. The number of aliphatic hydroxyl groups excluding tert-OH is 1. The molecule has 10 heteroatoms. The molecule has 0 unspecified atom stereocenters. The molecule has 1 saturated heterocycles. The number of carboxylic acids is 1. The third kappa shape index (κ3) is 3.87. The normalized spacial score (nSPS) is 17.9. The van der Waals surface area contributed by atoms with E-state index in [4.69, 9.17) is 11.6 Å². The number of Topliss-reactive ketones (excluding diaryl/α,β-unsaturated/α-hetero) is 1. The van der Waals surface area contributed by atoms with Crippen LogP contribution in [0, 0.1) is 10.1 Å². The molecule has 0 aromatic heterocycles. The zero-order chi connectivity index (χ0) is 22.0. The van der Waals surface area contributed by atoms with Gasteiger partial charge in [0, 0.05) is 35.6 Å². The van der Waals surface area contributed by atoms with Gasteiger partial charge in [0.1, 0.15) is 5.76 Å². The maximum Gasteiger partial charge on any atom is 0.295 e. The van der Waals surface area contributed by atoms with Crippen molar-refractivity contribution in [1.29, 1.82) is 0 Å². The van der Waals surface area contributed by atoms with Crippen molar-refractivity contribution >= 4 is 40.7 Å². The first-order valence-electron chi connectivity index (χ1n) is 8.70. The summed E-state index contributed by atoms with van der Waals surface area (Å²) in [4.78, 5) is 48.0. The van der Waals surface area contributed by atoms with Gasteiger partial charge in [0.15, 0.2) is 0 Å². The van der Waals surface area contributed by atoms with E-state index in [1.165, 1.54) is 48.5 Å². The summed E-state index contributed by atoms with van der Waals surface area (Å²) in [6.45, 7) is -0.430. The quantitative estimate of drug-likeness (QED) is 0.242. The monoisotopic (exact) mass is 429 g/mol. The fraction of sp³-hybridized carbons (Fsp3) is 0.150. The van der Waals surface area contributed by atoms with E-state index in [1.807, 2.05) is 0 Å². The molecule has 3 rings (SSSR count). The van der Waals surface area contributed by atoms with E-state index in [1.54, 1.807) is 0 Å². The number of hydrogen-bond donors (Lipinski definition) is 1. The number of rotatable bonds is 6. The Morgan fingerprint density at radius 1 is 1.13 bits per heavy atom. The molecule has 1 fully saturated rings. The summed E-state index contributed by atoms with van der Waals surface area (Å²) in [5.41, 5.74) is -0.628. The number of nitro benzene ring substituents is 1. The Morgan fingerprint density at radius 3 is 2.37 bits per heavy atom. The highest BCUT2D eigenvalue weighted by Gasteiger charge is 2.47. The highest BCUT2D eigenvalue weighted by molar-refractivity contribution is 6.46. The van der Waals surface area contributed by atoms with Crippen molar-refractivity contribution in [3.05, 3.63) is 80.4 Å². The first kappa shape index (κ1) is 21.0. The standard InChI is InChI=1S/C20H15ClN2O7/c21-12-7-5-11(6-8-12)18(26)16-17(13-3-1-2-4-14(13)23(29)30)22(10-9-15(24)25)20(28)19(16)27/h1-8,17,26H,9-10H2,(H,24,25)/p-1/t17-/m1/s1. The van der Waals surface area contributed by atoms with Gasteiger partial charge in [-0.3, -0.25) is 19.7 Å². The molecule has 9 nitrogen and oxygen atoms in total. The largest absolute Gasteiger partial charge is 0.550 e. The minimum Gasteiger partial charge on any atom is -0.550 e. The average molecular weight is 430 g/mol. The summed E-state index contributed by atoms with van der Waals surface area (Å²) in [5, 5.41) is 33.6. The van der Waals surface area contributed by atoms with Crippen LogP contribution in [0.2, 0.25) is 5.02 Å². The summed E-state index contributed by atoms with van der Waals surface area (Å²) in [5.74, 6) is -4.17. The van der Waals surface area contributed by atoms with Crippen LogP contribution in [0.1, 0.15) is 23.6 Å². The first-order chi connectivity index (χ1) is 14.2. The van der Waals surface area contributed by atoms with Crippen LogP contribution in [-0.4, -0.2) is 39.1 Å². The first-order valence-corrected chi connectivity index (χ1v) is 9.07. The number of nitrogens with zero attached hydrogens (tertiary/aromatic N) is 2. The number of carbonyl (C=O) groups excluding carboxylic acids is 3. The fourth-order valence-electron chi connectivity index (χ4n) is 3.29. The lowest BCUT2D eigenvalue weighted by molar-refractivity contribution is -0.385. The Bertz CT molecular complexity index is 1080. The van der Waals surface area contributed by atoms with Crippen molar-refractivity contribution in [1.82, 2.24) is 4.90 Å². The molecule has 30 heavy (non-hydrogen) atoms. The molecule has 0 spiro atoms. The van der Waals surface area contributed by atoms with Crippen molar-refractivity contribution in [3.63, 3.8) is 0 Å². The number of ketones is 1. The van der Waals surface area contributed by atoms with Gasteiger partial charge in [0.05, 0.1) is 22.1 Å². The molecule has 2 aromatic rings. The van der Waals surface area contributed by atoms with E-state index < -0.39 is 47.3 Å². The molecule has 0 aliphatic carbocycles. The number of likely N-dealkylation sites (tertiary alicyclic amines) is 1. The minimum atomic E-state index is -1.46. The highest BCUT2D eigenvalue weighted by Crippen LogP contribution is 2.42. The van der Waals surface area contributed by atoms with Crippen molar-refractivity contribution in [2.24, 2.45) is 0 Å². The van der Waals surface area contributed by atoms with Gasteiger partial charge >= 0.3 is 0 Å². The van der Waals surface area contributed by atoms with Crippen LogP contribution in [0.5, 0.6) is 0 Å². The molecule has 0 radical (unpaired) electrons. The SMILES string of the molecule is O=C([O-])CCN1C(=O)C(=O)C(=C(O)c2ccc(Cl)cc2)[C@H]1c1ccccc1[N+](=O)[O-]. The molecule has 0 bridgehead atoms.